The molecule has 38 heavy (non-hydrogen) atoms. The number of anilines is 3. The van der Waals surface area contributed by atoms with Crippen LogP contribution in [-0.2, 0) is 4.79 Å². The van der Waals surface area contributed by atoms with Gasteiger partial charge in [0.1, 0.15) is 9.71 Å². The van der Waals surface area contributed by atoms with Crippen molar-refractivity contribution in [2.45, 2.75) is 56.9 Å². The maximum atomic E-state index is 13.5. The summed E-state index contributed by atoms with van der Waals surface area (Å²) in [6.07, 6.45) is 10.7. The van der Waals surface area contributed by atoms with Crippen molar-refractivity contribution in [2.75, 3.05) is 23.3 Å². The Morgan fingerprint density at radius 2 is 1.97 bits per heavy atom. The largest absolute Gasteiger partial charge is 0.347 e. The number of thiophene rings is 1. The molecule has 1 saturated heterocycles. The molecule has 3 aromatic rings. The average molecular weight is 530 g/mol. The van der Waals surface area contributed by atoms with Gasteiger partial charge in [-0.3, -0.25) is 14.5 Å². The van der Waals surface area contributed by atoms with Crippen LogP contribution in [0.3, 0.4) is 0 Å². The Kier molecular flexibility index (Phi) is 6.61. The van der Waals surface area contributed by atoms with E-state index in [9.17, 15) is 14.4 Å². The van der Waals surface area contributed by atoms with E-state index in [4.69, 9.17) is 0 Å². The van der Waals surface area contributed by atoms with Gasteiger partial charge >= 0.3 is 6.03 Å². The van der Waals surface area contributed by atoms with Gasteiger partial charge in [0.05, 0.1) is 22.4 Å². The SMILES string of the molecule is C=CC(=O)N1CCCC(NC(=O)c2sc3nccc4c3c2NC(=O)N4c2cccc(C3CCCCC3)c2)C1. The fourth-order valence-corrected chi connectivity index (χ4v) is 7.05. The number of hydrogen-bond acceptors (Lipinski definition) is 5. The summed E-state index contributed by atoms with van der Waals surface area (Å²) in [5.41, 5.74) is 3.32. The summed E-state index contributed by atoms with van der Waals surface area (Å²) in [6, 6.07) is 9.66. The maximum absolute atomic E-state index is 13.5. The van der Waals surface area contributed by atoms with E-state index >= 15 is 0 Å². The number of carbonyl (C=O) groups excluding carboxylic acids is 3. The van der Waals surface area contributed by atoms with Crippen LogP contribution in [0.1, 0.15) is 66.1 Å². The Bertz CT molecular complexity index is 1430. The molecule has 2 N–H and O–H groups in total. The average Bonchev–Trinajstić information content (AvgIpc) is 3.33. The van der Waals surface area contributed by atoms with Crippen molar-refractivity contribution < 1.29 is 14.4 Å². The Balaban J connectivity index is 1.30. The molecule has 1 saturated carbocycles. The molecule has 9 heteroatoms. The predicted octanol–water partition coefficient (Wildman–Crippen LogP) is 5.93. The molecule has 2 aliphatic heterocycles. The highest BCUT2D eigenvalue weighted by Crippen LogP contribution is 2.46. The van der Waals surface area contributed by atoms with Crippen LogP contribution in [-0.4, -0.2) is 46.9 Å². The summed E-state index contributed by atoms with van der Waals surface area (Å²) in [4.78, 5) is 48.0. The summed E-state index contributed by atoms with van der Waals surface area (Å²) < 4.78 is 0. The highest BCUT2D eigenvalue weighted by Gasteiger charge is 2.34. The predicted molar refractivity (Wildman–Crippen MR) is 150 cm³/mol. The number of urea groups is 1. The first kappa shape index (κ1) is 24.6. The second-order valence-electron chi connectivity index (χ2n) is 10.3. The zero-order valence-corrected chi connectivity index (χ0v) is 22.1. The molecular formula is C29H31N5O3S. The molecule has 4 amide bonds. The molecular weight excluding hydrogens is 498 g/mol. The summed E-state index contributed by atoms with van der Waals surface area (Å²) in [5.74, 6) is 0.132. The summed E-state index contributed by atoms with van der Waals surface area (Å²) in [6.45, 7) is 4.67. The van der Waals surface area contributed by atoms with Crippen LogP contribution in [0.15, 0.2) is 49.2 Å². The number of rotatable bonds is 5. The number of aromatic nitrogens is 1. The third-order valence-corrected chi connectivity index (χ3v) is 9.00. The van der Waals surface area contributed by atoms with E-state index in [-0.39, 0.29) is 23.9 Å². The number of likely N-dealkylation sites (tertiary alicyclic amines) is 1. The molecule has 1 aromatic carbocycles. The Hall–Kier alpha value is -3.72. The fraction of sp³-hybridized carbons (Fsp3) is 0.379. The summed E-state index contributed by atoms with van der Waals surface area (Å²) >= 11 is 1.27. The number of piperidine rings is 1. The highest BCUT2D eigenvalue weighted by molar-refractivity contribution is 7.21. The molecule has 2 fully saturated rings. The standard InChI is InChI=1S/C29H31N5O3S/c1-2-23(35)33-15-7-11-20(17-33)31-27(36)26-25-24-22(13-14-30-28(24)38-26)34(29(37)32-25)21-12-6-10-19(16-21)18-8-4-3-5-9-18/h2,6,10,12-14,16,18,20H,1,3-5,7-9,11,15,17H2,(H,31,36)(H,32,37). The normalized spacial score (nSPS) is 19.8. The van der Waals surface area contributed by atoms with E-state index in [0.29, 0.717) is 34.4 Å². The Labute approximate surface area is 225 Å². The molecule has 0 bridgehead atoms. The first-order valence-electron chi connectivity index (χ1n) is 13.4. The third-order valence-electron chi connectivity index (χ3n) is 7.90. The minimum absolute atomic E-state index is 0.130. The quantitative estimate of drug-likeness (QED) is 0.400. The number of benzene rings is 1. The second-order valence-corrected chi connectivity index (χ2v) is 11.3. The Morgan fingerprint density at radius 3 is 2.79 bits per heavy atom. The zero-order chi connectivity index (χ0) is 26.2. The van der Waals surface area contributed by atoms with Crippen molar-refractivity contribution in [2.24, 2.45) is 0 Å². The van der Waals surface area contributed by atoms with Crippen molar-refractivity contribution in [1.29, 1.82) is 0 Å². The molecule has 4 heterocycles. The lowest BCUT2D eigenvalue weighted by molar-refractivity contribution is -0.127. The van der Waals surface area contributed by atoms with Crippen LogP contribution in [0, 0.1) is 0 Å². The van der Waals surface area contributed by atoms with Crippen molar-refractivity contribution in [3.05, 3.63) is 59.6 Å². The van der Waals surface area contributed by atoms with Gasteiger partial charge in [-0.15, -0.1) is 11.3 Å². The van der Waals surface area contributed by atoms with Crippen LogP contribution in [0.2, 0.25) is 0 Å². The van der Waals surface area contributed by atoms with E-state index in [1.54, 1.807) is 16.0 Å². The molecule has 0 radical (unpaired) electrons. The lowest BCUT2D eigenvalue weighted by Crippen LogP contribution is -2.49. The topological polar surface area (TPSA) is 94.6 Å². The van der Waals surface area contributed by atoms with Crippen molar-refractivity contribution in [3.8, 4) is 0 Å². The highest BCUT2D eigenvalue weighted by atomic mass is 32.1. The zero-order valence-electron chi connectivity index (χ0n) is 21.2. The molecule has 3 aliphatic rings. The first-order chi connectivity index (χ1) is 18.5. The molecule has 6 rings (SSSR count). The lowest BCUT2D eigenvalue weighted by atomic mass is 9.84. The van der Waals surface area contributed by atoms with E-state index in [2.05, 4.69) is 34.3 Å². The van der Waals surface area contributed by atoms with E-state index < -0.39 is 0 Å². The van der Waals surface area contributed by atoms with Gasteiger partial charge < -0.3 is 15.5 Å². The lowest BCUT2D eigenvalue weighted by Gasteiger charge is -2.32. The van der Waals surface area contributed by atoms with Gasteiger partial charge in [-0.2, -0.15) is 0 Å². The maximum Gasteiger partial charge on any atom is 0.331 e. The monoisotopic (exact) mass is 529 g/mol. The number of nitrogens with one attached hydrogen (secondary N) is 2. The molecule has 1 aliphatic carbocycles. The van der Waals surface area contributed by atoms with Gasteiger partial charge in [-0.1, -0.05) is 38.0 Å². The van der Waals surface area contributed by atoms with E-state index in [1.807, 2.05) is 18.2 Å². The van der Waals surface area contributed by atoms with Gasteiger partial charge in [0, 0.05) is 25.3 Å². The summed E-state index contributed by atoms with van der Waals surface area (Å²) in [7, 11) is 0. The van der Waals surface area contributed by atoms with Crippen LogP contribution >= 0.6 is 11.3 Å². The molecule has 1 unspecified atom stereocenters. The van der Waals surface area contributed by atoms with Crippen molar-refractivity contribution in [3.63, 3.8) is 0 Å². The number of pyridine rings is 1. The Morgan fingerprint density at radius 1 is 1.13 bits per heavy atom. The first-order valence-corrected chi connectivity index (χ1v) is 14.2. The molecule has 196 valence electrons. The van der Waals surface area contributed by atoms with E-state index in [0.717, 1.165) is 29.6 Å². The molecule has 8 nitrogen and oxygen atoms in total. The fourth-order valence-electron chi connectivity index (χ4n) is 6.03. The minimum Gasteiger partial charge on any atom is -0.347 e. The number of amides is 4. The van der Waals surface area contributed by atoms with Gasteiger partial charge in [0.2, 0.25) is 5.91 Å². The third kappa shape index (κ3) is 4.45. The molecule has 2 aromatic heterocycles. The number of carbonyl (C=O) groups is 3. The molecule has 1 atom stereocenters. The van der Waals surface area contributed by atoms with Crippen molar-refractivity contribution in [1.82, 2.24) is 15.2 Å². The van der Waals surface area contributed by atoms with Gasteiger partial charge in [0.15, 0.2) is 0 Å². The number of hydrogen-bond donors (Lipinski definition) is 2. The van der Waals surface area contributed by atoms with Crippen LogP contribution in [0.25, 0.3) is 10.2 Å². The van der Waals surface area contributed by atoms with Crippen LogP contribution in [0.5, 0.6) is 0 Å². The van der Waals surface area contributed by atoms with E-state index in [1.165, 1.54) is 55.1 Å². The summed E-state index contributed by atoms with van der Waals surface area (Å²) in [5, 5.41) is 6.84. The molecule has 0 spiro atoms. The van der Waals surface area contributed by atoms with Crippen molar-refractivity contribution >= 4 is 56.5 Å². The smallest absolute Gasteiger partial charge is 0.331 e. The minimum atomic E-state index is -0.293. The van der Waals surface area contributed by atoms with Gasteiger partial charge in [-0.25, -0.2) is 9.78 Å². The second kappa shape index (κ2) is 10.2. The number of nitrogens with zero attached hydrogens (tertiary/aromatic N) is 3. The van der Waals surface area contributed by atoms with Crippen LogP contribution < -0.4 is 15.5 Å². The van der Waals surface area contributed by atoms with Gasteiger partial charge in [-0.05, 0) is 61.4 Å². The van der Waals surface area contributed by atoms with Crippen LogP contribution in [0.4, 0.5) is 21.9 Å². The van der Waals surface area contributed by atoms with Gasteiger partial charge in [0.25, 0.3) is 5.91 Å².